The molecule has 0 aromatic rings. The second-order valence-electron chi connectivity index (χ2n) is 9.50. The number of amides is 2. The molecule has 0 saturated carbocycles. The van der Waals surface area contributed by atoms with E-state index in [1.807, 2.05) is 20.8 Å². The molecule has 1 rings (SSSR count). The highest BCUT2D eigenvalue weighted by atomic mass is 28.4. The Morgan fingerprint density at radius 3 is 2.19 bits per heavy atom. The van der Waals surface area contributed by atoms with Gasteiger partial charge >= 0.3 is 6.09 Å². The average Bonchev–Trinajstić information content (AvgIpc) is 2.77. The molecule has 7 nitrogen and oxygen atoms in total. The summed E-state index contributed by atoms with van der Waals surface area (Å²) in [5, 5.41) is 0.0876. The third-order valence-electron chi connectivity index (χ3n) is 4.83. The minimum absolute atomic E-state index is 0.0643. The number of likely N-dealkylation sites (tertiary alicyclic amines) is 1. The number of hydrogen-bond donors (Lipinski definition) is 1. The first-order chi connectivity index (χ1) is 11.6. The molecule has 26 heavy (non-hydrogen) atoms. The first-order valence-electron chi connectivity index (χ1n) is 9.16. The molecule has 1 aliphatic heterocycles. The van der Waals surface area contributed by atoms with Gasteiger partial charge in [-0.05, 0) is 45.3 Å². The largest absolute Gasteiger partial charge is 0.444 e. The van der Waals surface area contributed by atoms with Gasteiger partial charge in [0.15, 0.2) is 8.32 Å². The summed E-state index contributed by atoms with van der Waals surface area (Å²) in [6, 6.07) is -0.195. The van der Waals surface area contributed by atoms with E-state index in [-0.39, 0.29) is 36.5 Å². The molecule has 1 heterocycles. The van der Waals surface area contributed by atoms with Crippen LogP contribution in [0.4, 0.5) is 4.79 Å². The van der Waals surface area contributed by atoms with E-state index in [4.69, 9.17) is 19.6 Å². The van der Waals surface area contributed by atoms with Crippen LogP contribution in [0.25, 0.3) is 0 Å². The van der Waals surface area contributed by atoms with Gasteiger partial charge < -0.3 is 24.5 Å². The third kappa shape index (κ3) is 6.89. The molecule has 1 fully saturated rings. The fourth-order valence-corrected chi connectivity index (χ4v) is 3.91. The lowest BCUT2D eigenvalue weighted by atomic mass is 10.2. The Labute approximate surface area is 158 Å². The number of ether oxygens (including phenoxy) is 2. The van der Waals surface area contributed by atoms with Crippen molar-refractivity contribution in [2.45, 2.75) is 83.8 Å². The quantitative estimate of drug-likeness (QED) is 0.707. The Balaban J connectivity index is 2.83. The van der Waals surface area contributed by atoms with Crippen molar-refractivity contribution in [3.63, 3.8) is 0 Å². The van der Waals surface area contributed by atoms with Crippen LogP contribution >= 0.6 is 0 Å². The van der Waals surface area contributed by atoms with Crippen LogP contribution in [0.15, 0.2) is 0 Å². The van der Waals surface area contributed by atoms with Crippen molar-refractivity contribution >= 4 is 20.3 Å². The number of hydrogen-bond acceptors (Lipinski definition) is 5. The van der Waals surface area contributed by atoms with E-state index in [2.05, 4.69) is 33.9 Å². The van der Waals surface area contributed by atoms with Gasteiger partial charge in [-0.3, -0.25) is 4.79 Å². The van der Waals surface area contributed by atoms with Crippen molar-refractivity contribution in [3.05, 3.63) is 0 Å². The fraction of sp³-hybridized carbons (Fsp3) is 0.889. The van der Waals surface area contributed by atoms with Gasteiger partial charge in [-0.2, -0.15) is 0 Å². The highest BCUT2D eigenvalue weighted by Crippen LogP contribution is 2.39. The van der Waals surface area contributed by atoms with Crippen molar-refractivity contribution in [2.75, 3.05) is 19.8 Å². The predicted octanol–water partition coefficient (Wildman–Crippen LogP) is 2.89. The number of nitrogens with two attached hydrogens (primary N) is 1. The van der Waals surface area contributed by atoms with Gasteiger partial charge in [-0.15, -0.1) is 0 Å². The smallest absolute Gasteiger partial charge is 0.410 e. The fourth-order valence-electron chi connectivity index (χ4n) is 2.55. The van der Waals surface area contributed by atoms with Gasteiger partial charge in [0.2, 0.25) is 5.91 Å². The molecule has 0 aliphatic carbocycles. The van der Waals surface area contributed by atoms with Gasteiger partial charge in [0, 0.05) is 6.54 Å². The van der Waals surface area contributed by atoms with Crippen molar-refractivity contribution in [1.29, 1.82) is 0 Å². The predicted molar refractivity (Wildman–Crippen MR) is 103 cm³/mol. The minimum Gasteiger partial charge on any atom is -0.444 e. The van der Waals surface area contributed by atoms with Crippen LogP contribution < -0.4 is 5.73 Å². The molecule has 2 atom stereocenters. The highest BCUT2D eigenvalue weighted by molar-refractivity contribution is 6.74. The van der Waals surface area contributed by atoms with E-state index >= 15 is 0 Å². The molecule has 0 spiro atoms. The van der Waals surface area contributed by atoms with Crippen LogP contribution in [0.2, 0.25) is 18.1 Å². The molecule has 1 saturated heterocycles. The summed E-state index contributed by atoms with van der Waals surface area (Å²) >= 11 is 0. The summed E-state index contributed by atoms with van der Waals surface area (Å²) in [6.07, 6.45) is 0.210. The van der Waals surface area contributed by atoms with E-state index < -0.39 is 19.8 Å². The number of rotatable bonds is 6. The molecule has 0 aromatic carbocycles. The SMILES string of the molecule is CC(C)(C)OC(=O)N1C[C@H](O[Si](C)(C)C(C)(C)C)C[C@H]1COCC(N)=O. The zero-order chi connectivity index (χ0) is 20.3. The monoisotopic (exact) mass is 388 g/mol. The van der Waals surface area contributed by atoms with Crippen LogP contribution in [0.5, 0.6) is 0 Å². The van der Waals surface area contributed by atoms with Gasteiger partial charge in [0.05, 0.1) is 18.8 Å². The Kier molecular flexibility index (Phi) is 7.29. The zero-order valence-corrected chi connectivity index (χ0v) is 18.5. The maximum Gasteiger partial charge on any atom is 0.410 e. The Bertz CT molecular complexity index is 511. The molecule has 0 unspecified atom stereocenters. The van der Waals surface area contributed by atoms with Crippen LogP contribution in [0, 0.1) is 0 Å². The van der Waals surface area contributed by atoms with Crippen molar-refractivity contribution < 1.29 is 23.5 Å². The van der Waals surface area contributed by atoms with Crippen molar-refractivity contribution in [3.8, 4) is 0 Å². The second kappa shape index (κ2) is 8.27. The average molecular weight is 389 g/mol. The zero-order valence-electron chi connectivity index (χ0n) is 17.5. The van der Waals surface area contributed by atoms with Gasteiger partial charge in [0.25, 0.3) is 0 Å². The molecule has 2 amide bonds. The number of carbonyl (C=O) groups excluding carboxylic acids is 2. The van der Waals surface area contributed by atoms with E-state index in [1.54, 1.807) is 4.90 Å². The lowest BCUT2D eigenvalue weighted by Crippen LogP contribution is -2.45. The third-order valence-corrected chi connectivity index (χ3v) is 9.36. The van der Waals surface area contributed by atoms with E-state index in [0.717, 1.165) is 0 Å². The molecular formula is C18H36N2O5Si. The summed E-state index contributed by atoms with van der Waals surface area (Å²) in [5.41, 5.74) is 4.55. The number of carbonyl (C=O) groups is 2. The highest BCUT2D eigenvalue weighted by Gasteiger charge is 2.44. The number of primary amides is 1. The first-order valence-corrected chi connectivity index (χ1v) is 12.1. The summed E-state index contributed by atoms with van der Waals surface area (Å²) < 4.78 is 17.4. The molecule has 1 aliphatic rings. The second-order valence-corrected chi connectivity index (χ2v) is 14.3. The van der Waals surface area contributed by atoms with Gasteiger partial charge in [-0.25, -0.2) is 4.79 Å². The molecule has 152 valence electrons. The standard InChI is InChI=1S/C18H36N2O5Si/c1-17(2,3)24-16(22)20-10-14(25-26(7,8)18(4,5)6)9-13(20)11-23-12-15(19)21/h13-14H,9-12H2,1-8H3,(H2,19,21)/t13-,14+/m0/s1. The van der Waals surface area contributed by atoms with Crippen LogP contribution in [0.3, 0.4) is 0 Å². The van der Waals surface area contributed by atoms with Crippen LogP contribution in [-0.4, -0.2) is 62.7 Å². The maximum atomic E-state index is 12.6. The molecule has 2 N–H and O–H groups in total. The molecule has 0 aromatic heterocycles. The van der Waals surface area contributed by atoms with Gasteiger partial charge in [-0.1, -0.05) is 20.8 Å². The summed E-state index contributed by atoms with van der Waals surface area (Å²) in [5.74, 6) is -0.527. The van der Waals surface area contributed by atoms with E-state index in [1.165, 1.54) is 0 Å². The topological polar surface area (TPSA) is 91.1 Å². The maximum absolute atomic E-state index is 12.6. The molecule has 8 heteroatoms. The normalized spacial score (nSPS) is 21.8. The van der Waals surface area contributed by atoms with Gasteiger partial charge in [0.1, 0.15) is 12.2 Å². The first kappa shape index (κ1) is 22.9. The molecule has 0 radical (unpaired) electrons. The lowest BCUT2D eigenvalue weighted by molar-refractivity contribution is -0.122. The van der Waals surface area contributed by atoms with E-state index in [0.29, 0.717) is 13.0 Å². The van der Waals surface area contributed by atoms with E-state index in [9.17, 15) is 9.59 Å². The Morgan fingerprint density at radius 2 is 1.73 bits per heavy atom. The van der Waals surface area contributed by atoms with Crippen LogP contribution in [0.1, 0.15) is 48.0 Å². The summed E-state index contributed by atoms with van der Waals surface area (Å²) in [4.78, 5) is 25.2. The molecular weight excluding hydrogens is 352 g/mol. The van der Waals surface area contributed by atoms with Crippen molar-refractivity contribution in [1.82, 2.24) is 4.90 Å². The Morgan fingerprint density at radius 1 is 1.15 bits per heavy atom. The summed E-state index contributed by atoms with van der Waals surface area (Å²) in [6.45, 7) is 17.0. The minimum atomic E-state index is -1.95. The summed E-state index contributed by atoms with van der Waals surface area (Å²) in [7, 11) is -1.95. The molecule has 0 bridgehead atoms. The Hall–Kier alpha value is -1.12. The lowest BCUT2D eigenvalue weighted by Gasteiger charge is -2.38. The van der Waals surface area contributed by atoms with Crippen LogP contribution in [-0.2, 0) is 18.7 Å². The van der Waals surface area contributed by atoms with Crippen molar-refractivity contribution in [2.24, 2.45) is 5.73 Å². The number of nitrogens with zero attached hydrogens (tertiary/aromatic N) is 1.